The number of pyridine rings is 1. The summed E-state index contributed by atoms with van der Waals surface area (Å²) in [6, 6.07) is 12.1. The van der Waals surface area contributed by atoms with Crippen LogP contribution in [0.2, 0.25) is 10.0 Å². The molecule has 3 aromatic rings. The maximum absolute atomic E-state index is 12.4. The van der Waals surface area contributed by atoms with Gasteiger partial charge in [0.2, 0.25) is 0 Å². The summed E-state index contributed by atoms with van der Waals surface area (Å²) in [5.41, 5.74) is 1.36. The summed E-state index contributed by atoms with van der Waals surface area (Å²) in [5.74, 6) is 0.396. The molecular formula is C17H13Cl2N3O2. The number of para-hydroxylation sites is 1. The van der Waals surface area contributed by atoms with Crippen molar-refractivity contribution in [3.05, 3.63) is 76.4 Å². The third-order valence-electron chi connectivity index (χ3n) is 3.24. The van der Waals surface area contributed by atoms with Gasteiger partial charge in [-0.2, -0.15) is 0 Å². The van der Waals surface area contributed by atoms with Gasteiger partial charge < -0.3 is 15.1 Å². The maximum Gasteiger partial charge on any atom is 0.274 e. The Labute approximate surface area is 148 Å². The van der Waals surface area contributed by atoms with Gasteiger partial charge >= 0.3 is 0 Å². The van der Waals surface area contributed by atoms with E-state index in [1.165, 1.54) is 0 Å². The number of nitrogens with one attached hydrogen (secondary N) is 2. The van der Waals surface area contributed by atoms with Crippen molar-refractivity contribution in [3.63, 3.8) is 0 Å². The van der Waals surface area contributed by atoms with E-state index in [-0.39, 0.29) is 5.69 Å². The molecule has 0 fully saturated rings. The number of amides is 1. The molecule has 0 aliphatic heterocycles. The highest BCUT2D eigenvalue weighted by Gasteiger charge is 2.13. The molecule has 24 heavy (non-hydrogen) atoms. The lowest BCUT2D eigenvalue weighted by atomic mass is 10.2. The van der Waals surface area contributed by atoms with Crippen LogP contribution < -0.4 is 10.6 Å². The summed E-state index contributed by atoms with van der Waals surface area (Å²) in [5, 5.41) is 6.57. The predicted octanol–water partition coefficient (Wildman–Crippen LogP) is 4.85. The van der Waals surface area contributed by atoms with Crippen LogP contribution >= 0.6 is 23.2 Å². The number of aromatic nitrogens is 1. The van der Waals surface area contributed by atoms with Crippen molar-refractivity contribution in [2.75, 3.05) is 10.6 Å². The molecule has 7 heteroatoms. The Morgan fingerprint density at radius 2 is 1.92 bits per heavy atom. The molecule has 2 N–H and O–H groups in total. The molecule has 0 aliphatic rings. The molecule has 0 aliphatic carbocycles. The zero-order valence-electron chi connectivity index (χ0n) is 12.4. The van der Waals surface area contributed by atoms with Gasteiger partial charge in [-0.25, -0.2) is 0 Å². The van der Waals surface area contributed by atoms with E-state index in [1.54, 1.807) is 42.8 Å². The molecular weight excluding hydrogens is 349 g/mol. The average molecular weight is 362 g/mol. The SMILES string of the molecule is O=C(Nc1c(Cl)cccc1Cl)c1cc(NCc2ccco2)ccn1. The van der Waals surface area contributed by atoms with Crippen LogP contribution in [0.15, 0.2) is 59.3 Å². The fraction of sp³-hybridized carbons (Fsp3) is 0.0588. The lowest BCUT2D eigenvalue weighted by Gasteiger charge is -2.10. The number of benzene rings is 1. The Morgan fingerprint density at radius 1 is 1.12 bits per heavy atom. The van der Waals surface area contributed by atoms with Gasteiger partial charge in [0.05, 0.1) is 28.5 Å². The zero-order valence-corrected chi connectivity index (χ0v) is 13.9. The Balaban J connectivity index is 1.72. The summed E-state index contributed by atoms with van der Waals surface area (Å²) >= 11 is 12.1. The molecule has 0 bridgehead atoms. The number of furan rings is 1. The van der Waals surface area contributed by atoms with Gasteiger partial charge in [-0.15, -0.1) is 0 Å². The molecule has 0 radical (unpaired) electrons. The number of carbonyl (C=O) groups excluding carboxylic acids is 1. The minimum atomic E-state index is -0.397. The molecule has 5 nitrogen and oxygen atoms in total. The lowest BCUT2D eigenvalue weighted by Crippen LogP contribution is -2.14. The largest absolute Gasteiger partial charge is 0.467 e. The van der Waals surface area contributed by atoms with Gasteiger partial charge in [-0.05, 0) is 36.4 Å². The summed E-state index contributed by atoms with van der Waals surface area (Å²) in [6.07, 6.45) is 3.16. The molecule has 1 aromatic carbocycles. The highest BCUT2D eigenvalue weighted by atomic mass is 35.5. The summed E-state index contributed by atoms with van der Waals surface area (Å²) in [7, 11) is 0. The van der Waals surface area contributed by atoms with Crippen LogP contribution in [0.4, 0.5) is 11.4 Å². The van der Waals surface area contributed by atoms with Crippen molar-refractivity contribution in [1.29, 1.82) is 0 Å². The molecule has 0 unspecified atom stereocenters. The van der Waals surface area contributed by atoms with Crippen LogP contribution in [-0.4, -0.2) is 10.9 Å². The smallest absolute Gasteiger partial charge is 0.274 e. The molecule has 0 saturated carbocycles. The second-order valence-corrected chi connectivity index (χ2v) is 5.73. The fourth-order valence-electron chi connectivity index (χ4n) is 2.06. The number of carbonyl (C=O) groups is 1. The topological polar surface area (TPSA) is 67.2 Å². The normalized spacial score (nSPS) is 10.4. The highest BCUT2D eigenvalue weighted by Crippen LogP contribution is 2.30. The summed E-state index contributed by atoms with van der Waals surface area (Å²) < 4.78 is 5.25. The number of anilines is 2. The number of hydrogen-bond acceptors (Lipinski definition) is 4. The Hall–Kier alpha value is -2.50. The van der Waals surface area contributed by atoms with Gasteiger partial charge in [0.1, 0.15) is 11.5 Å². The number of nitrogens with zero attached hydrogens (tertiary/aromatic N) is 1. The van der Waals surface area contributed by atoms with Crippen molar-refractivity contribution in [2.24, 2.45) is 0 Å². The van der Waals surface area contributed by atoms with E-state index in [2.05, 4.69) is 15.6 Å². The monoisotopic (exact) mass is 361 g/mol. The van der Waals surface area contributed by atoms with E-state index in [4.69, 9.17) is 27.6 Å². The second-order valence-electron chi connectivity index (χ2n) is 4.91. The van der Waals surface area contributed by atoms with Crippen molar-refractivity contribution in [3.8, 4) is 0 Å². The van der Waals surface area contributed by atoms with Crippen LogP contribution in [0.5, 0.6) is 0 Å². The lowest BCUT2D eigenvalue weighted by molar-refractivity contribution is 0.102. The highest BCUT2D eigenvalue weighted by molar-refractivity contribution is 6.40. The quantitative estimate of drug-likeness (QED) is 0.681. The van der Waals surface area contributed by atoms with Crippen molar-refractivity contribution < 1.29 is 9.21 Å². The molecule has 0 atom stereocenters. The van der Waals surface area contributed by atoms with E-state index in [1.807, 2.05) is 12.1 Å². The molecule has 3 rings (SSSR count). The average Bonchev–Trinajstić information content (AvgIpc) is 3.10. The fourth-order valence-corrected chi connectivity index (χ4v) is 2.55. The predicted molar refractivity (Wildman–Crippen MR) is 94.7 cm³/mol. The van der Waals surface area contributed by atoms with Gasteiger partial charge in [0.25, 0.3) is 5.91 Å². The van der Waals surface area contributed by atoms with Crippen LogP contribution in [-0.2, 0) is 6.54 Å². The summed E-state index contributed by atoms with van der Waals surface area (Å²) in [6.45, 7) is 0.508. The van der Waals surface area contributed by atoms with Crippen molar-refractivity contribution >= 4 is 40.5 Å². The Morgan fingerprint density at radius 3 is 2.62 bits per heavy atom. The van der Waals surface area contributed by atoms with Crippen molar-refractivity contribution in [1.82, 2.24) is 4.98 Å². The zero-order chi connectivity index (χ0) is 16.9. The van der Waals surface area contributed by atoms with Crippen molar-refractivity contribution in [2.45, 2.75) is 6.54 Å². The van der Waals surface area contributed by atoms with Gasteiger partial charge in [-0.1, -0.05) is 29.3 Å². The molecule has 2 heterocycles. The minimum Gasteiger partial charge on any atom is -0.467 e. The third-order valence-corrected chi connectivity index (χ3v) is 3.87. The van der Waals surface area contributed by atoms with Gasteiger partial charge in [-0.3, -0.25) is 9.78 Å². The van der Waals surface area contributed by atoms with Crippen LogP contribution in [0, 0.1) is 0 Å². The van der Waals surface area contributed by atoms with Crippen LogP contribution in [0.3, 0.4) is 0 Å². The molecule has 1 amide bonds. The first-order valence-electron chi connectivity index (χ1n) is 7.11. The van der Waals surface area contributed by atoms with E-state index >= 15 is 0 Å². The first kappa shape index (κ1) is 16.4. The number of rotatable bonds is 5. The third kappa shape index (κ3) is 3.88. The number of halogens is 2. The molecule has 0 saturated heterocycles. The molecule has 2 aromatic heterocycles. The standard InChI is InChI=1S/C17H13Cl2N3O2/c18-13-4-1-5-14(19)16(13)22-17(23)15-9-11(6-7-20-15)21-10-12-3-2-8-24-12/h1-9H,10H2,(H,20,21)(H,22,23). The first-order chi connectivity index (χ1) is 11.6. The van der Waals surface area contributed by atoms with Gasteiger partial charge in [0, 0.05) is 11.9 Å². The van der Waals surface area contributed by atoms with Gasteiger partial charge in [0.15, 0.2) is 0 Å². The second kappa shape index (κ2) is 7.38. The number of hydrogen-bond donors (Lipinski definition) is 2. The van der Waals surface area contributed by atoms with E-state index in [0.717, 1.165) is 11.4 Å². The summed E-state index contributed by atoms with van der Waals surface area (Å²) in [4.78, 5) is 16.4. The first-order valence-corrected chi connectivity index (χ1v) is 7.87. The Bertz CT molecular complexity index is 831. The van der Waals surface area contributed by atoms with E-state index in [9.17, 15) is 4.79 Å². The minimum absolute atomic E-state index is 0.246. The molecule has 122 valence electrons. The maximum atomic E-state index is 12.4. The Kier molecular flexibility index (Phi) is 5.03. The van der Waals surface area contributed by atoms with E-state index in [0.29, 0.717) is 22.3 Å². The van der Waals surface area contributed by atoms with Crippen LogP contribution in [0.25, 0.3) is 0 Å². The molecule has 0 spiro atoms. The van der Waals surface area contributed by atoms with Crippen LogP contribution in [0.1, 0.15) is 16.2 Å². The van der Waals surface area contributed by atoms with E-state index < -0.39 is 5.91 Å².